The summed E-state index contributed by atoms with van der Waals surface area (Å²) < 4.78 is 11.6. The maximum atomic E-state index is 6.08. The third kappa shape index (κ3) is 3.91. The minimum atomic E-state index is -0.408. The SMILES string of the molecule is CC(C)OCC(N)c1noc(-c2ccc(I)c(Cl)c2)n1. The molecule has 0 amide bonds. The van der Waals surface area contributed by atoms with Gasteiger partial charge in [-0.1, -0.05) is 16.8 Å². The van der Waals surface area contributed by atoms with Crippen LogP contribution in [-0.4, -0.2) is 22.9 Å². The average Bonchev–Trinajstić information content (AvgIpc) is 2.89. The Labute approximate surface area is 136 Å². The summed E-state index contributed by atoms with van der Waals surface area (Å²) in [5.41, 5.74) is 6.72. The number of aromatic nitrogens is 2. The number of ether oxygens (including phenoxy) is 1. The molecule has 1 aromatic heterocycles. The fourth-order valence-electron chi connectivity index (χ4n) is 1.50. The molecular formula is C13H15ClIN3O2. The Morgan fingerprint density at radius 3 is 2.85 bits per heavy atom. The van der Waals surface area contributed by atoms with Gasteiger partial charge in [-0.15, -0.1) is 0 Å². The average molecular weight is 408 g/mol. The maximum absolute atomic E-state index is 6.08. The fourth-order valence-corrected chi connectivity index (χ4v) is 2.02. The molecule has 20 heavy (non-hydrogen) atoms. The van der Waals surface area contributed by atoms with Gasteiger partial charge in [0.05, 0.1) is 23.8 Å². The molecule has 0 fully saturated rings. The Hall–Kier alpha value is -0.700. The standard InChI is InChI=1S/C13H15ClIN3O2/c1-7(2)19-6-11(16)12-17-13(20-18-12)8-3-4-10(15)9(14)5-8/h3-5,7,11H,6,16H2,1-2H3. The molecule has 0 saturated heterocycles. The number of benzene rings is 1. The highest BCUT2D eigenvalue weighted by Crippen LogP contribution is 2.26. The van der Waals surface area contributed by atoms with Gasteiger partial charge in [-0.2, -0.15) is 4.98 Å². The zero-order valence-electron chi connectivity index (χ0n) is 11.1. The Bertz CT molecular complexity index is 589. The van der Waals surface area contributed by atoms with Gasteiger partial charge in [0.2, 0.25) is 0 Å². The summed E-state index contributed by atoms with van der Waals surface area (Å²) in [5, 5.41) is 4.53. The molecule has 0 radical (unpaired) electrons. The lowest BCUT2D eigenvalue weighted by Crippen LogP contribution is -2.20. The highest BCUT2D eigenvalue weighted by Gasteiger charge is 2.16. The van der Waals surface area contributed by atoms with E-state index in [0.29, 0.717) is 23.3 Å². The molecule has 1 unspecified atom stereocenters. The third-order valence-electron chi connectivity index (χ3n) is 2.55. The molecule has 0 aliphatic rings. The van der Waals surface area contributed by atoms with Gasteiger partial charge in [0, 0.05) is 9.13 Å². The molecule has 108 valence electrons. The molecule has 0 spiro atoms. The molecule has 0 bridgehead atoms. The molecule has 1 heterocycles. The quantitative estimate of drug-likeness (QED) is 0.769. The van der Waals surface area contributed by atoms with Crippen molar-refractivity contribution in [2.45, 2.75) is 26.0 Å². The van der Waals surface area contributed by atoms with Gasteiger partial charge in [0.1, 0.15) is 0 Å². The Balaban J connectivity index is 2.13. The van der Waals surface area contributed by atoms with E-state index < -0.39 is 6.04 Å². The third-order valence-corrected chi connectivity index (χ3v) is 4.12. The van der Waals surface area contributed by atoms with E-state index in [9.17, 15) is 0 Å². The number of halogens is 2. The van der Waals surface area contributed by atoms with Crippen LogP contribution in [0.15, 0.2) is 22.7 Å². The molecule has 2 aromatic rings. The number of nitrogens with two attached hydrogens (primary N) is 1. The van der Waals surface area contributed by atoms with Crippen LogP contribution in [0.3, 0.4) is 0 Å². The van der Waals surface area contributed by atoms with E-state index in [4.69, 9.17) is 26.6 Å². The first-order valence-electron chi connectivity index (χ1n) is 6.13. The van der Waals surface area contributed by atoms with Crippen molar-refractivity contribution < 1.29 is 9.26 Å². The molecule has 0 aliphatic carbocycles. The van der Waals surface area contributed by atoms with Crippen molar-refractivity contribution in [3.8, 4) is 11.5 Å². The van der Waals surface area contributed by atoms with Crippen LogP contribution in [0.25, 0.3) is 11.5 Å². The van der Waals surface area contributed by atoms with E-state index in [0.717, 1.165) is 9.13 Å². The van der Waals surface area contributed by atoms with Crippen molar-refractivity contribution in [1.82, 2.24) is 10.1 Å². The molecule has 5 nitrogen and oxygen atoms in total. The van der Waals surface area contributed by atoms with E-state index in [2.05, 4.69) is 32.7 Å². The van der Waals surface area contributed by atoms with Gasteiger partial charge in [-0.3, -0.25) is 0 Å². The van der Waals surface area contributed by atoms with E-state index in [1.54, 1.807) is 6.07 Å². The highest BCUT2D eigenvalue weighted by atomic mass is 127. The van der Waals surface area contributed by atoms with E-state index in [1.807, 2.05) is 26.0 Å². The molecule has 0 saturated carbocycles. The van der Waals surface area contributed by atoms with Crippen molar-refractivity contribution in [2.24, 2.45) is 5.73 Å². The van der Waals surface area contributed by atoms with Gasteiger partial charge in [0.15, 0.2) is 5.82 Å². The van der Waals surface area contributed by atoms with Gasteiger partial charge in [-0.05, 0) is 54.6 Å². The first-order valence-corrected chi connectivity index (χ1v) is 7.59. The Morgan fingerprint density at radius 1 is 1.45 bits per heavy atom. The van der Waals surface area contributed by atoms with Crippen LogP contribution in [0.1, 0.15) is 25.7 Å². The van der Waals surface area contributed by atoms with Crippen LogP contribution >= 0.6 is 34.2 Å². The summed E-state index contributed by atoms with van der Waals surface area (Å²) in [4.78, 5) is 4.29. The summed E-state index contributed by atoms with van der Waals surface area (Å²) in [7, 11) is 0. The van der Waals surface area contributed by atoms with Crippen LogP contribution in [0.2, 0.25) is 5.02 Å². The van der Waals surface area contributed by atoms with Crippen molar-refractivity contribution in [2.75, 3.05) is 6.61 Å². The van der Waals surface area contributed by atoms with Crippen molar-refractivity contribution in [1.29, 1.82) is 0 Å². The minimum Gasteiger partial charge on any atom is -0.377 e. The summed E-state index contributed by atoms with van der Waals surface area (Å²) in [6.45, 7) is 4.24. The first kappa shape index (κ1) is 15.7. The lowest BCUT2D eigenvalue weighted by molar-refractivity contribution is 0.0665. The van der Waals surface area contributed by atoms with Crippen LogP contribution in [0.5, 0.6) is 0 Å². The molecule has 0 aliphatic heterocycles. The monoisotopic (exact) mass is 407 g/mol. The predicted molar refractivity (Wildman–Crippen MR) is 85.5 cm³/mol. The lowest BCUT2D eigenvalue weighted by atomic mass is 10.2. The highest BCUT2D eigenvalue weighted by molar-refractivity contribution is 14.1. The minimum absolute atomic E-state index is 0.113. The molecule has 2 rings (SSSR count). The zero-order chi connectivity index (χ0) is 14.7. The van der Waals surface area contributed by atoms with Crippen LogP contribution in [-0.2, 0) is 4.74 Å². The second kappa shape index (κ2) is 6.84. The molecule has 1 aromatic carbocycles. The summed E-state index contributed by atoms with van der Waals surface area (Å²) in [6, 6.07) is 5.15. The number of hydrogen-bond donors (Lipinski definition) is 1. The smallest absolute Gasteiger partial charge is 0.258 e. The lowest BCUT2D eigenvalue weighted by Gasteiger charge is -2.10. The van der Waals surface area contributed by atoms with Crippen LogP contribution in [0.4, 0.5) is 0 Å². The van der Waals surface area contributed by atoms with Gasteiger partial charge < -0.3 is 15.0 Å². The molecule has 7 heteroatoms. The second-order valence-corrected chi connectivity index (χ2v) is 6.14. The van der Waals surface area contributed by atoms with E-state index >= 15 is 0 Å². The fraction of sp³-hybridized carbons (Fsp3) is 0.385. The zero-order valence-corrected chi connectivity index (χ0v) is 14.1. The molecule has 1 atom stereocenters. The Morgan fingerprint density at radius 2 is 2.20 bits per heavy atom. The van der Waals surface area contributed by atoms with Gasteiger partial charge in [-0.25, -0.2) is 0 Å². The number of hydrogen-bond acceptors (Lipinski definition) is 5. The first-order chi connectivity index (χ1) is 9.47. The van der Waals surface area contributed by atoms with Gasteiger partial charge >= 0.3 is 0 Å². The molecule has 2 N–H and O–H groups in total. The second-order valence-electron chi connectivity index (χ2n) is 4.58. The van der Waals surface area contributed by atoms with Crippen molar-refractivity contribution in [3.63, 3.8) is 0 Å². The van der Waals surface area contributed by atoms with E-state index in [1.165, 1.54) is 0 Å². The summed E-state index contributed by atoms with van der Waals surface area (Å²) >= 11 is 8.23. The summed E-state index contributed by atoms with van der Waals surface area (Å²) in [6.07, 6.45) is 0.113. The number of rotatable bonds is 5. The van der Waals surface area contributed by atoms with Crippen molar-refractivity contribution >= 4 is 34.2 Å². The predicted octanol–water partition coefficient (Wildman–Crippen LogP) is 3.42. The van der Waals surface area contributed by atoms with Crippen LogP contribution in [0, 0.1) is 3.57 Å². The molecular weight excluding hydrogens is 393 g/mol. The topological polar surface area (TPSA) is 74.2 Å². The number of nitrogens with zero attached hydrogens (tertiary/aromatic N) is 2. The van der Waals surface area contributed by atoms with Gasteiger partial charge in [0.25, 0.3) is 5.89 Å². The Kier molecular flexibility index (Phi) is 5.36. The maximum Gasteiger partial charge on any atom is 0.258 e. The van der Waals surface area contributed by atoms with Crippen LogP contribution < -0.4 is 5.73 Å². The van der Waals surface area contributed by atoms with E-state index in [-0.39, 0.29) is 6.10 Å². The van der Waals surface area contributed by atoms with Crippen molar-refractivity contribution in [3.05, 3.63) is 32.6 Å². The summed E-state index contributed by atoms with van der Waals surface area (Å²) in [5.74, 6) is 0.827. The largest absolute Gasteiger partial charge is 0.377 e. The normalized spacial score (nSPS) is 12.9.